The largest absolute Gasteiger partial charge is 0.453 e. The van der Waals surface area contributed by atoms with Crippen LogP contribution in [0, 0.1) is 18.6 Å². The van der Waals surface area contributed by atoms with E-state index in [1.165, 1.54) is 25.1 Å². The topological polar surface area (TPSA) is 30.2 Å². The molecule has 2 aromatic rings. The Hall–Kier alpha value is -1.97. The van der Waals surface area contributed by atoms with E-state index in [1.54, 1.807) is 0 Å². The van der Waals surface area contributed by atoms with E-state index in [1.807, 2.05) is 0 Å². The molecule has 2 nitrogen and oxygen atoms in total. The van der Waals surface area contributed by atoms with E-state index in [4.69, 9.17) is 4.42 Å². The number of carbonyl (C=O) groups excluding carboxylic acids is 1. The number of aryl methyl sites for hydroxylation is 1. The van der Waals surface area contributed by atoms with Crippen molar-refractivity contribution in [3.05, 3.63) is 47.2 Å². The van der Waals surface area contributed by atoms with E-state index >= 15 is 0 Å². The van der Waals surface area contributed by atoms with E-state index in [-0.39, 0.29) is 17.1 Å². The predicted octanol–water partition coefficient (Wildman–Crippen LogP) is 3.35. The van der Waals surface area contributed by atoms with E-state index in [0.717, 1.165) is 6.07 Å². The van der Waals surface area contributed by atoms with E-state index in [9.17, 15) is 13.6 Å². The Morgan fingerprint density at radius 3 is 2.56 bits per heavy atom. The standard InChI is InChI=1S/C12H8F2O2/c1-7-2-4-9(13)11(12(7)14)10-5-3-8(6-15)16-10/h2-6H,1H3. The van der Waals surface area contributed by atoms with Crippen molar-refractivity contribution in [2.24, 2.45) is 0 Å². The number of benzene rings is 1. The van der Waals surface area contributed by atoms with Crippen molar-refractivity contribution in [3.63, 3.8) is 0 Å². The van der Waals surface area contributed by atoms with Crippen molar-refractivity contribution < 1.29 is 18.0 Å². The Labute approximate surface area is 90.5 Å². The van der Waals surface area contributed by atoms with Gasteiger partial charge in [0.15, 0.2) is 12.0 Å². The molecule has 0 fully saturated rings. The summed E-state index contributed by atoms with van der Waals surface area (Å²) < 4.78 is 32.1. The molecule has 1 heterocycles. The van der Waals surface area contributed by atoms with Gasteiger partial charge in [0, 0.05) is 0 Å². The van der Waals surface area contributed by atoms with E-state index in [2.05, 4.69) is 0 Å². The van der Waals surface area contributed by atoms with Crippen LogP contribution in [0.25, 0.3) is 11.3 Å². The number of rotatable bonds is 2. The highest BCUT2D eigenvalue weighted by Gasteiger charge is 2.16. The summed E-state index contributed by atoms with van der Waals surface area (Å²) in [6.45, 7) is 1.53. The Balaban J connectivity index is 2.63. The van der Waals surface area contributed by atoms with Crippen molar-refractivity contribution in [1.29, 1.82) is 0 Å². The van der Waals surface area contributed by atoms with Gasteiger partial charge in [-0.25, -0.2) is 8.78 Å². The average molecular weight is 222 g/mol. The number of hydrogen-bond donors (Lipinski definition) is 0. The highest BCUT2D eigenvalue weighted by molar-refractivity contribution is 5.73. The summed E-state index contributed by atoms with van der Waals surface area (Å²) in [5.74, 6) is -1.34. The minimum atomic E-state index is -0.713. The van der Waals surface area contributed by atoms with Crippen LogP contribution < -0.4 is 0 Å². The van der Waals surface area contributed by atoms with Gasteiger partial charge in [0.2, 0.25) is 0 Å². The molecule has 0 N–H and O–H groups in total. The lowest BCUT2D eigenvalue weighted by molar-refractivity contribution is 0.110. The molecule has 82 valence electrons. The number of hydrogen-bond acceptors (Lipinski definition) is 2. The van der Waals surface area contributed by atoms with Gasteiger partial charge in [-0.2, -0.15) is 0 Å². The van der Waals surface area contributed by atoms with Gasteiger partial charge in [-0.05, 0) is 30.7 Å². The fraction of sp³-hybridized carbons (Fsp3) is 0.0833. The number of halogens is 2. The molecule has 0 saturated carbocycles. The van der Waals surface area contributed by atoms with Gasteiger partial charge in [-0.3, -0.25) is 4.79 Å². The van der Waals surface area contributed by atoms with Crippen molar-refractivity contribution in [1.82, 2.24) is 0 Å². The zero-order valence-corrected chi connectivity index (χ0v) is 8.46. The molecular weight excluding hydrogens is 214 g/mol. The van der Waals surface area contributed by atoms with Crippen LogP contribution in [0.1, 0.15) is 16.1 Å². The first-order chi connectivity index (χ1) is 7.63. The number of carbonyl (C=O) groups is 1. The summed E-state index contributed by atoms with van der Waals surface area (Å²) in [6.07, 6.45) is 0.481. The first-order valence-corrected chi connectivity index (χ1v) is 4.63. The first-order valence-electron chi connectivity index (χ1n) is 4.63. The average Bonchev–Trinajstić information content (AvgIpc) is 2.73. The van der Waals surface area contributed by atoms with Crippen LogP contribution in [0.15, 0.2) is 28.7 Å². The Bertz CT molecular complexity index is 544. The third-order valence-corrected chi connectivity index (χ3v) is 2.27. The maximum Gasteiger partial charge on any atom is 0.185 e. The summed E-state index contributed by atoms with van der Waals surface area (Å²) >= 11 is 0. The van der Waals surface area contributed by atoms with Crippen LogP contribution in [0.3, 0.4) is 0 Å². The van der Waals surface area contributed by atoms with Gasteiger partial charge in [-0.1, -0.05) is 6.07 Å². The third kappa shape index (κ3) is 1.62. The van der Waals surface area contributed by atoms with E-state index in [0.29, 0.717) is 11.8 Å². The molecule has 0 bridgehead atoms. The second-order valence-electron chi connectivity index (χ2n) is 3.37. The second-order valence-corrected chi connectivity index (χ2v) is 3.37. The van der Waals surface area contributed by atoms with Gasteiger partial charge in [-0.15, -0.1) is 0 Å². The van der Waals surface area contributed by atoms with Gasteiger partial charge >= 0.3 is 0 Å². The zero-order valence-electron chi connectivity index (χ0n) is 8.46. The van der Waals surface area contributed by atoms with Crippen molar-refractivity contribution in [3.8, 4) is 11.3 Å². The molecule has 16 heavy (non-hydrogen) atoms. The van der Waals surface area contributed by atoms with Gasteiger partial charge in [0.1, 0.15) is 17.4 Å². The summed E-state index contributed by atoms with van der Waals surface area (Å²) in [4.78, 5) is 10.4. The molecule has 2 rings (SSSR count). The fourth-order valence-corrected chi connectivity index (χ4v) is 1.43. The molecular formula is C12H8F2O2. The first kappa shape index (κ1) is 10.5. The molecule has 1 aromatic heterocycles. The minimum absolute atomic E-state index is 0.0146. The summed E-state index contributed by atoms with van der Waals surface area (Å²) in [5, 5.41) is 0. The lowest BCUT2D eigenvalue weighted by Crippen LogP contribution is -1.91. The monoisotopic (exact) mass is 222 g/mol. The summed E-state index contributed by atoms with van der Waals surface area (Å²) in [6, 6.07) is 5.24. The van der Waals surface area contributed by atoms with Crippen LogP contribution in [0.5, 0.6) is 0 Å². The lowest BCUT2D eigenvalue weighted by atomic mass is 10.1. The van der Waals surface area contributed by atoms with Crippen molar-refractivity contribution in [2.75, 3.05) is 0 Å². The quantitative estimate of drug-likeness (QED) is 0.729. The van der Waals surface area contributed by atoms with E-state index < -0.39 is 11.6 Å². The molecule has 4 heteroatoms. The van der Waals surface area contributed by atoms with Crippen LogP contribution in [0.4, 0.5) is 8.78 Å². The van der Waals surface area contributed by atoms with Crippen LogP contribution in [-0.4, -0.2) is 6.29 Å². The molecule has 0 radical (unpaired) electrons. The SMILES string of the molecule is Cc1ccc(F)c(-c2ccc(C=O)o2)c1F. The second kappa shape index (κ2) is 3.89. The van der Waals surface area contributed by atoms with Gasteiger partial charge in [0.05, 0.1) is 5.56 Å². The predicted molar refractivity (Wildman–Crippen MR) is 54.2 cm³/mol. The summed E-state index contributed by atoms with van der Waals surface area (Å²) in [7, 11) is 0. The molecule has 0 spiro atoms. The van der Waals surface area contributed by atoms with Gasteiger partial charge in [0.25, 0.3) is 0 Å². The normalized spacial score (nSPS) is 10.4. The van der Waals surface area contributed by atoms with Crippen molar-refractivity contribution >= 4 is 6.29 Å². The molecule has 0 atom stereocenters. The highest BCUT2D eigenvalue weighted by atomic mass is 19.1. The Morgan fingerprint density at radius 1 is 1.19 bits per heavy atom. The molecule has 0 unspecified atom stereocenters. The zero-order chi connectivity index (χ0) is 11.7. The lowest BCUT2D eigenvalue weighted by Gasteiger charge is -2.03. The maximum atomic E-state index is 13.7. The fourth-order valence-electron chi connectivity index (χ4n) is 1.43. The minimum Gasteiger partial charge on any atom is -0.453 e. The smallest absolute Gasteiger partial charge is 0.185 e. The molecule has 0 aliphatic rings. The van der Waals surface area contributed by atoms with Crippen LogP contribution in [0.2, 0.25) is 0 Å². The van der Waals surface area contributed by atoms with Crippen molar-refractivity contribution in [2.45, 2.75) is 6.92 Å². The molecule has 0 aliphatic carbocycles. The summed E-state index contributed by atoms with van der Waals surface area (Å²) in [5.41, 5.74) is 0.0774. The van der Waals surface area contributed by atoms with Crippen LogP contribution in [-0.2, 0) is 0 Å². The third-order valence-electron chi connectivity index (χ3n) is 2.27. The van der Waals surface area contributed by atoms with Crippen LogP contribution >= 0.6 is 0 Å². The van der Waals surface area contributed by atoms with Gasteiger partial charge < -0.3 is 4.42 Å². The highest BCUT2D eigenvalue weighted by Crippen LogP contribution is 2.29. The number of furan rings is 1. The Morgan fingerprint density at radius 2 is 1.94 bits per heavy atom. The molecule has 0 aliphatic heterocycles. The maximum absolute atomic E-state index is 13.7. The molecule has 0 amide bonds. The molecule has 1 aromatic carbocycles. The number of aldehydes is 1. The molecule has 0 saturated heterocycles. The Kier molecular flexibility index (Phi) is 2.56.